The predicted molar refractivity (Wildman–Crippen MR) is 91.4 cm³/mol. The van der Waals surface area contributed by atoms with E-state index in [4.69, 9.17) is 9.47 Å². The molecule has 5 nitrogen and oxygen atoms in total. The third kappa shape index (κ3) is 2.90. The van der Waals surface area contributed by atoms with E-state index >= 15 is 0 Å². The first-order chi connectivity index (χ1) is 11.5. The maximum Gasteiger partial charge on any atom is 0.359 e. The highest BCUT2D eigenvalue weighted by Crippen LogP contribution is 2.51. The Morgan fingerprint density at radius 3 is 2.62 bits per heavy atom. The molecule has 0 aromatic heterocycles. The van der Waals surface area contributed by atoms with Crippen LogP contribution in [0.5, 0.6) is 0 Å². The molecule has 2 atom stereocenters. The van der Waals surface area contributed by atoms with E-state index in [9.17, 15) is 9.59 Å². The van der Waals surface area contributed by atoms with Crippen molar-refractivity contribution in [1.82, 2.24) is 4.90 Å². The van der Waals surface area contributed by atoms with Crippen molar-refractivity contribution in [2.75, 3.05) is 6.61 Å². The fourth-order valence-electron chi connectivity index (χ4n) is 2.93. The van der Waals surface area contributed by atoms with Gasteiger partial charge in [0.25, 0.3) is 0 Å². The number of β-lactam (4-membered cyclic amide) rings is 1. The van der Waals surface area contributed by atoms with E-state index < -0.39 is 5.97 Å². The molecule has 0 bridgehead atoms. The van der Waals surface area contributed by atoms with Gasteiger partial charge in [0.05, 0.1) is 12.5 Å². The smallest absolute Gasteiger partial charge is 0.359 e. The lowest BCUT2D eigenvalue weighted by Gasteiger charge is -2.44. The Hall–Kier alpha value is -1.95. The highest BCUT2D eigenvalue weighted by Gasteiger charge is 2.57. The minimum atomic E-state index is -0.507. The fourth-order valence-corrected chi connectivity index (χ4v) is 4.53. The van der Waals surface area contributed by atoms with Crippen LogP contribution >= 0.6 is 11.8 Å². The van der Waals surface area contributed by atoms with E-state index in [0.717, 1.165) is 5.56 Å². The molecule has 0 aliphatic carbocycles. The van der Waals surface area contributed by atoms with Crippen molar-refractivity contribution < 1.29 is 19.1 Å². The van der Waals surface area contributed by atoms with Crippen LogP contribution in [0, 0.1) is 11.8 Å². The topological polar surface area (TPSA) is 55.8 Å². The summed E-state index contributed by atoms with van der Waals surface area (Å²) in [6.45, 7) is 6.52. The molecule has 0 spiro atoms. The van der Waals surface area contributed by atoms with Crippen molar-refractivity contribution in [2.24, 2.45) is 11.8 Å². The zero-order valence-corrected chi connectivity index (χ0v) is 14.8. The minimum Gasteiger partial charge on any atom is -0.485 e. The second-order valence-electron chi connectivity index (χ2n) is 6.12. The van der Waals surface area contributed by atoms with Crippen LogP contribution in [0.1, 0.15) is 26.3 Å². The summed E-state index contributed by atoms with van der Waals surface area (Å²) in [6, 6.07) is 9.47. The number of hydrogen-bond acceptors (Lipinski definition) is 5. The van der Waals surface area contributed by atoms with Crippen LogP contribution in [0.2, 0.25) is 0 Å². The highest BCUT2D eigenvalue weighted by molar-refractivity contribution is 8.03. The minimum absolute atomic E-state index is 0.0242. The monoisotopic (exact) mass is 347 g/mol. The number of benzene rings is 1. The number of hydrogen-bond donors (Lipinski definition) is 0. The molecule has 1 aromatic rings. The zero-order chi connectivity index (χ0) is 17.3. The molecule has 128 valence electrons. The second kappa shape index (κ2) is 6.89. The van der Waals surface area contributed by atoms with Crippen LogP contribution in [0.4, 0.5) is 0 Å². The molecule has 6 heteroatoms. The summed E-state index contributed by atoms with van der Waals surface area (Å²) in [5.41, 5.74) is 1.16. The van der Waals surface area contributed by atoms with Crippen molar-refractivity contribution in [1.29, 1.82) is 0 Å². The van der Waals surface area contributed by atoms with Crippen LogP contribution in [0.15, 0.2) is 41.1 Å². The predicted octanol–water partition coefficient (Wildman–Crippen LogP) is 3.12. The Labute approximate surface area is 146 Å². The molecule has 2 heterocycles. The Morgan fingerprint density at radius 2 is 2.00 bits per heavy atom. The highest BCUT2D eigenvalue weighted by atomic mass is 32.2. The molecule has 3 rings (SSSR count). The number of nitrogens with zero attached hydrogens (tertiary/aromatic N) is 1. The Bertz CT molecular complexity index is 671. The lowest BCUT2D eigenvalue weighted by atomic mass is 9.86. The van der Waals surface area contributed by atoms with Gasteiger partial charge in [-0.1, -0.05) is 55.9 Å². The standard InChI is InChI=1S/C18H21NO4S/c1-4-22-18-14(17(21)23-10-12-8-6-5-7-9-12)19-15(20)13(11(2)3)16(19)24-18/h5-9,11,13,16H,4,10H2,1-3H3/t13?,16-/m1/s1. The van der Waals surface area contributed by atoms with E-state index in [1.807, 2.05) is 51.1 Å². The molecule has 0 N–H and O–H groups in total. The summed E-state index contributed by atoms with van der Waals surface area (Å²) in [5, 5.41) is 0.440. The van der Waals surface area contributed by atoms with Gasteiger partial charge >= 0.3 is 5.97 Å². The van der Waals surface area contributed by atoms with Crippen LogP contribution in [-0.2, 0) is 25.7 Å². The fraction of sp³-hybridized carbons (Fsp3) is 0.444. The molecule has 24 heavy (non-hydrogen) atoms. The van der Waals surface area contributed by atoms with Gasteiger partial charge < -0.3 is 9.47 Å². The maximum absolute atomic E-state index is 12.5. The summed E-state index contributed by atoms with van der Waals surface area (Å²) < 4.78 is 11.0. The third-order valence-corrected chi connectivity index (χ3v) is 5.42. The van der Waals surface area contributed by atoms with Gasteiger partial charge in [-0.25, -0.2) is 4.79 Å². The number of ether oxygens (including phenoxy) is 2. The lowest BCUT2D eigenvalue weighted by Crippen LogP contribution is -2.59. The van der Waals surface area contributed by atoms with Crippen molar-refractivity contribution in [2.45, 2.75) is 32.8 Å². The molecule has 1 amide bonds. The molecule has 1 saturated heterocycles. The van der Waals surface area contributed by atoms with Crippen molar-refractivity contribution in [3.8, 4) is 0 Å². The number of esters is 1. The van der Waals surface area contributed by atoms with Crippen molar-refractivity contribution >= 4 is 23.6 Å². The molecule has 0 saturated carbocycles. The number of rotatable bonds is 6. The number of fused-ring (bicyclic) bond motifs is 1. The number of carbonyl (C=O) groups excluding carboxylic acids is 2. The first kappa shape index (κ1) is 16.9. The SMILES string of the molecule is CCOC1=C(C(=O)OCc2ccccc2)N2C(=O)C(C(C)C)[C@H]2S1. The molecular formula is C18H21NO4S. The Kier molecular flexibility index (Phi) is 4.85. The van der Waals surface area contributed by atoms with Crippen molar-refractivity contribution in [3.05, 3.63) is 46.7 Å². The van der Waals surface area contributed by atoms with E-state index in [-0.39, 0.29) is 35.4 Å². The van der Waals surface area contributed by atoms with E-state index in [1.54, 1.807) is 0 Å². The Balaban J connectivity index is 1.75. The normalized spacial score (nSPS) is 22.5. The maximum atomic E-state index is 12.5. The van der Waals surface area contributed by atoms with Gasteiger partial charge in [-0.3, -0.25) is 9.69 Å². The molecule has 1 aromatic carbocycles. The van der Waals surface area contributed by atoms with E-state index in [2.05, 4.69) is 0 Å². The van der Waals surface area contributed by atoms with Gasteiger partial charge in [0.1, 0.15) is 12.0 Å². The number of amides is 1. The zero-order valence-electron chi connectivity index (χ0n) is 14.0. The largest absolute Gasteiger partial charge is 0.485 e. The third-order valence-electron chi connectivity index (χ3n) is 4.15. The average Bonchev–Trinajstić information content (AvgIpc) is 2.88. The van der Waals surface area contributed by atoms with Gasteiger partial charge in [-0.05, 0) is 18.4 Å². The summed E-state index contributed by atoms with van der Waals surface area (Å²) in [7, 11) is 0. The molecule has 2 aliphatic rings. The average molecular weight is 347 g/mol. The summed E-state index contributed by atoms with van der Waals surface area (Å²) in [6.07, 6.45) is 0. The number of thioether (sulfide) groups is 1. The van der Waals surface area contributed by atoms with Gasteiger partial charge in [0.2, 0.25) is 5.91 Å². The van der Waals surface area contributed by atoms with Crippen LogP contribution in [0.25, 0.3) is 0 Å². The molecular weight excluding hydrogens is 326 g/mol. The van der Waals surface area contributed by atoms with Gasteiger partial charge in [-0.15, -0.1) is 0 Å². The van der Waals surface area contributed by atoms with Crippen LogP contribution in [0.3, 0.4) is 0 Å². The van der Waals surface area contributed by atoms with Crippen LogP contribution in [-0.4, -0.2) is 28.8 Å². The van der Waals surface area contributed by atoms with Gasteiger partial charge in [-0.2, -0.15) is 0 Å². The van der Waals surface area contributed by atoms with E-state index in [1.165, 1.54) is 16.7 Å². The van der Waals surface area contributed by atoms with Crippen molar-refractivity contribution in [3.63, 3.8) is 0 Å². The first-order valence-corrected chi connectivity index (χ1v) is 9.00. The van der Waals surface area contributed by atoms with Gasteiger partial charge in [0.15, 0.2) is 10.8 Å². The summed E-state index contributed by atoms with van der Waals surface area (Å²) in [5.74, 6) is -0.379. The summed E-state index contributed by atoms with van der Waals surface area (Å²) in [4.78, 5) is 26.5. The number of carbonyl (C=O) groups is 2. The van der Waals surface area contributed by atoms with Gasteiger partial charge in [0, 0.05) is 0 Å². The first-order valence-electron chi connectivity index (χ1n) is 8.12. The lowest BCUT2D eigenvalue weighted by molar-refractivity contribution is -0.156. The molecule has 2 aliphatic heterocycles. The summed E-state index contributed by atoms with van der Waals surface area (Å²) >= 11 is 1.44. The molecule has 1 fully saturated rings. The molecule has 0 radical (unpaired) electrons. The molecule has 1 unspecified atom stereocenters. The van der Waals surface area contributed by atoms with E-state index in [0.29, 0.717) is 11.7 Å². The quantitative estimate of drug-likeness (QED) is 0.584. The Morgan fingerprint density at radius 1 is 1.29 bits per heavy atom. The van der Waals surface area contributed by atoms with Crippen LogP contribution < -0.4 is 0 Å². The second-order valence-corrected chi connectivity index (χ2v) is 7.21.